The van der Waals surface area contributed by atoms with Crippen molar-refractivity contribution in [2.24, 2.45) is 10.9 Å². The van der Waals surface area contributed by atoms with Crippen LogP contribution in [-0.4, -0.2) is 44.3 Å². The number of halogens is 1. The highest BCUT2D eigenvalue weighted by Gasteiger charge is 2.27. The highest BCUT2D eigenvalue weighted by Crippen LogP contribution is 2.25. The number of nitrogens with zero attached hydrogens (tertiary/aromatic N) is 1. The maximum atomic E-state index is 11.8. The molecule has 1 atom stereocenters. The van der Waals surface area contributed by atoms with E-state index in [2.05, 4.69) is 28.6 Å². The highest BCUT2D eigenvalue weighted by atomic mass is 127. The summed E-state index contributed by atoms with van der Waals surface area (Å²) < 4.78 is 11.1. The SMILES string of the molecule is CCOC(=O)C1CCC(NC(=NC)NCC(C)Oc2cccc(C)c2)CC1.I. The van der Waals surface area contributed by atoms with Crippen molar-refractivity contribution < 1.29 is 14.3 Å². The molecule has 1 saturated carbocycles. The van der Waals surface area contributed by atoms with Gasteiger partial charge in [0.25, 0.3) is 0 Å². The number of rotatable bonds is 7. The van der Waals surface area contributed by atoms with Gasteiger partial charge in [0.15, 0.2) is 5.96 Å². The maximum absolute atomic E-state index is 11.8. The Kier molecular flexibility index (Phi) is 11.3. The van der Waals surface area contributed by atoms with Gasteiger partial charge in [0.2, 0.25) is 0 Å². The molecule has 1 aliphatic rings. The molecule has 1 aromatic rings. The summed E-state index contributed by atoms with van der Waals surface area (Å²) in [6.45, 7) is 7.05. The number of hydrogen-bond acceptors (Lipinski definition) is 4. The van der Waals surface area contributed by atoms with Gasteiger partial charge in [0, 0.05) is 13.1 Å². The van der Waals surface area contributed by atoms with Gasteiger partial charge in [-0.3, -0.25) is 9.79 Å². The Labute approximate surface area is 185 Å². The summed E-state index contributed by atoms with van der Waals surface area (Å²) in [4.78, 5) is 16.1. The van der Waals surface area contributed by atoms with E-state index >= 15 is 0 Å². The number of hydrogen-bond donors (Lipinski definition) is 2. The van der Waals surface area contributed by atoms with Crippen LogP contribution in [-0.2, 0) is 9.53 Å². The smallest absolute Gasteiger partial charge is 0.308 e. The second-order valence-electron chi connectivity index (χ2n) is 7.14. The standard InChI is InChI=1S/C21H33N3O3.HI/c1-5-26-20(25)17-9-11-18(12-10-17)24-21(22-4)23-14-16(3)27-19-8-6-7-15(2)13-19;/h6-8,13,16-18H,5,9-12,14H2,1-4H3,(H2,22,23,24);1H. The molecule has 2 N–H and O–H groups in total. The van der Waals surface area contributed by atoms with Crippen LogP contribution in [0.25, 0.3) is 0 Å². The van der Waals surface area contributed by atoms with Gasteiger partial charge in [-0.2, -0.15) is 0 Å². The van der Waals surface area contributed by atoms with Gasteiger partial charge >= 0.3 is 5.97 Å². The number of esters is 1. The molecule has 28 heavy (non-hydrogen) atoms. The molecule has 0 amide bonds. The molecule has 7 heteroatoms. The largest absolute Gasteiger partial charge is 0.489 e. The van der Waals surface area contributed by atoms with Crippen molar-refractivity contribution >= 4 is 35.9 Å². The van der Waals surface area contributed by atoms with Crippen LogP contribution in [0.4, 0.5) is 0 Å². The first-order valence-electron chi connectivity index (χ1n) is 9.89. The molecule has 0 saturated heterocycles. The fourth-order valence-corrected chi connectivity index (χ4v) is 3.32. The van der Waals surface area contributed by atoms with Crippen LogP contribution in [0.2, 0.25) is 0 Å². The number of aliphatic imine (C=N–C) groups is 1. The first-order valence-corrected chi connectivity index (χ1v) is 9.89. The number of nitrogens with one attached hydrogen (secondary N) is 2. The van der Waals surface area contributed by atoms with Gasteiger partial charge in [-0.15, -0.1) is 24.0 Å². The summed E-state index contributed by atoms with van der Waals surface area (Å²) in [5, 5.41) is 6.78. The van der Waals surface area contributed by atoms with Gasteiger partial charge in [-0.05, 0) is 64.2 Å². The summed E-state index contributed by atoms with van der Waals surface area (Å²) in [7, 11) is 1.77. The van der Waals surface area contributed by atoms with Crippen LogP contribution in [0.3, 0.4) is 0 Å². The molecule has 1 aliphatic carbocycles. The summed E-state index contributed by atoms with van der Waals surface area (Å²) in [6, 6.07) is 8.38. The Bertz CT molecular complexity index is 631. The summed E-state index contributed by atoms with van der Waals surface area (Å²) in [6.07, 6.45) is 3.63. The second kappa shape index (κ2) is 12.9. The molecule has 0 spiro atoms. The van der Waals surface area contributed by atoms with E-state index in [1.807, 2.05) is 32.0 Å². The van der Waals surface area contributed by atoms with E-state index in [0.29, 0.717) is 19.2 Å². The van der Waals surface area contributed by atoms with Gasteiger partial charge in [0.1, 0.15) is 11.9 Å². The van der Waals surface area contributed by atoms with E-state index in [-0.39, 0.29) is 42.0 Å². The molecule has 2 rings (SSSR count). The van der Waals surface area contributed by atoms with E-state index in [1.165, 1.54) is 5.56 Å². The second-order valence-corrected chi connectivity index (χ2v) is 7.14. The third kappa shape index (κ3) is 8.24. The van der Waals surface area contributed by atoms with Crippen LogP contribution in [0.15, 0.2) is 29.3 Å². The van der Waals surface area contributed by atoms with Crippen molar-refractivity contribution in [1.82, 2.24) is 10.6 Å². The minimum absolute atomic E-state index is 0. The molecular weight excluding hydrogens is 469 g/mol. The highest BCUT2D eigenvalue weighted by molar-refractivity contribution is 14.0. The third-order valence-electron chi connectivity index (χ3n) is 4.80. The fourth-order valence-electron chi connectivity index (χ4n) is 3.32. The van der Waals surface area contributed by atoms with Crippen molar-refractivity contribution in [2.45, 2.75) is 58.6 Å². The normalized spacial score (nSPS) is 20.5. The lowest BCUT2D eigenvalue weighted by Gasteiger charge is -2.29. The Morgan fingerprint density at radius 3 is 2.61 bits per heavy atom. The number of benzene rings is 1. The lowest BCUT2D eigenvalue weighted by Crippen LogP contribution is -2.47. The third-order valence-corrected chi connectivity index (χ3v) is 4.80. The minimum Gasteiger partial charge on any atom is -0.489 e. The number of carbonyl (C=O) groups excluding carboxylic acids is 1. The van der Waals surface area contributed by atoms with Crippen LogP contribution >= 0.6 is 24.0 Å². The van der Waals surface area contributed by atoms with Gasteiger partial charge < -0.3 is 20.1 Å². The van der Waals surface area contributed by atoms with Gasteiger partial charge in [-0.1, -0.05) is 12.1 Å². The van der Waals surface area contributed by atoms with E-state index in [0.717, 1.165) is 37.4 Å². The first kappa shape index (κ1) is 24.5. The molecule has 6 nitrogen and oxygen atoms in total. The summed E-state index contributed by atoms with van der Waals surface area (Å²) >= 11 is 0. The summed E-state index contributed by atoms with van der Waals surface area (Å²) in [5.41, 5.74) is 1.18. The van der Waals surface area contributed by atoms with Crippen LogP contribution in [0, 0.1) is 12.8 Å². The Morgan fingerprint density at radius 2 is 2.00 bits per heavy atom. The molecule has 1 fully saturated rings. The Balaban J connectivity index is 0.00000392. The van der Waals surface area contributed by atoms with E-state index < -0.39 is 0 Å². The van der Waals surface area contributed by atoms with Crippen molar-refractivity contribution in [3.8, 4) is 5.75 Å². The van der Waals surface area contributed by atoms with Crippen LogP contribution in [0.1, 0.15) is 45.1 Å². The molecule has 0 aromatic heterocycles. The monoisotopic (exact) mass is 503 g/mol. The van der Waals surface area contributed by atoms with Crippen LogP contribution < -0.4 is 15.4 Å². The van der Waals surface area contributed by atoms with Gasteiger partial charge in [0.05, 0.1) is 19.1 Å². The minimum atomic E-state index is -0.0550. The van der Waals surface area contributed by atoms with Gasteiger partial charge in [-0.25, -0.2) is 0 Å². The molecule has 0 bridgehead atoms. The number of carbonyl (C=O) groups is 1. The van der Waals surface area contributed by atoms with E-state index in [4.69, 9.17) is 9.47 Å². The fraction of sp³-hybridized carbons (Fsp3) is 0.619. The average Bonchev–Trinajstić information content (AvgIpc) is 2.65. The lowest BCUT2D eigenvalue weighted by molar-refractivity contribution is -0.149. The molecule has 0 radical (unpaired) electrons. The zero-order valence-electron chi connectivity index (χ0n) is 17.4. The number of aryl methyl sites for hydroxylation is 1. The van der Waals surface area contributed by atoms with E-state index in [9.17, 15) is 4.79 Å². The molecule has 0 heterocycles. The Morgan fingerprint density at radius 1 is 1.29 bits per heavy atom. The zero-order valence-corrected chi connectivity index (χ0v) is 19.7. The zero-order chi connectivity index (χ0) is 19.6. The van der Waals surface area contributed by atoms with Crippen molar-refractivity contribution in [2.75, 3.05) is 20.2 Å². The maximum Gasteiger partial charge on any atom is 0.308 e. The lowest BCUT2D eigenvalue weighted by atomic mass is 9.86. The number of guanidine groups is 1. The van der Waals surface area contributed by atoms with Crippen molar-refractivity contribution in [1.29, 1.82) is 0 Å². The average molecular weight is 503 g/mol. The number of ether oxygens (including phenoxy) is 2. The van der Waals surface area contributed by atoms with Crippen LogP contribution in [0.5, 0.6) is 5.75 Å². The molecule has 1 aromatic carbocycles. The molecular formula is C21H34IN3O3. The first-order chi connectivity index (χ1) is 13.0. The van der Waals surface area contributed by atoms with Crippen molar-refractivity contribution in [3.63, 3.8) is 0 Å². The molecule has 1 unspecified atom stereocenters. The van der Waals surface area contributed by atoms with E-state index in [1.54, 1.807) is 7.05 Å². The quantitative estimate of drug-likeness (QED) is 0.257. The predicted molar refractivity (Wildman–Crippen MR) is 124 cm³/mol. The molecule has 158 valence electrons. The summed E-state index contributed by atoms with van der Waals surface area (Å²) in [5.74, 6) is 1.64. The predicted octanol–water partition coefficient (Wildman–Crippen LogP) is 3.67. The molecule has 0 aliphatic heterocycles. The topological polar surface area (TPSA) is 72.0 Å². The van der Waals surface area contributed by atoms with Crippen molar-refractivity contribution in [3.05, 3.63) is 29.8 Å². The Hall–Kier alpha value is -1.51.